The molecule has 0 aliphatic carbocycles. The quantitative estimate of drug-likeness (QED) is 0.786. The van der Waals surface area contributed by atoms with Crippen LogP contribution in [-0.2, 0) is 4.79 Å². The van der Waals surface area contributed by atoms with E-state index in [2.05, 4.69) is 42.5 Å². The molecule has 1 fully saturated rings. The lowest BCUT2D eigenvalue weighted by atomic mass is 10.1. The third kappa shape index (κ3) is 3.79. The average Bonchev–Trinajstić information content (AvgIpc) is 2.81. The number of benzene rings is 2. The summed E-state index contributed by atoms with van der Waals surface area (Å²) in [6.07, 6.45) is 4.85. The first-order chi connectivity index (χ1) is 10.3. The summed E-state index contributed by atoms with van der Waals surface area (Å²) in [4.78, 5) is 15.5. The van der Waals surface area contributed by atoms with Gasteiger partial charge in [0.25, 0.3) is 0 Å². The van der Waals surface area contributed by atoms with Crippen molar-refractivity contribution in [1.82, 2.24) is 4.90 Å². The minimum absolute atomic E-state index is 0.287. The van der Waals surface area contributed by atoms with Crippen LogP contribution in [0.1, 0.15) is 25.7 Å². The molecule has 0 bridgehead atoms. The molecule has 0 aromatic heterocycles. The van der Waals surface area contributed by atoms with Crippen LogP contribution in [0.15, 0.2) is 47.4 Å². The zero-order chi connectivity index (χ0) is 14.5. The molecule has 0 saturated carbocycles. The molecule has 3 heteroatoms. The van der Waals surface area contributed by atoms with Crippen LogP contribution in [0.25, 0.3) is 10.8 Å². The topological polar surface area (TPSA) is 20.3 Å². The summed E-state index contributed by atoms with van der Waals surface area (Å²) in [7, 11) is 0. The molecule has 1 aliphatic rings. The van der Waals surface area contributed by atoms with Crippen molar-refractivity contribution in [3.63, 3.8) is 0 Å². The third-order valence-corrected chi connectivity index (χ3v) is 5.02. The number of likely N-dealkylation sites (tertiary alicyclic amines) is 1. The molecule has 110 valence electrons. The van der Waals surface area contributed by atoms with Gasteiger partial charge in [-0.05, 0) is 35.7 Å². The predicted molar refractivity (Wildman–Crippen MR) is 89.7 cm³/mol. The van der Waals surface area contributed by atoms with Gasteiger partial charge < -0.3 is 4.90 Å². The molecule has 1 aliphatic heterocycles. The summed E-state index contributed by atoms with van der Waals surface area (Å²) in [6.45, 7) is 1.88. The highest BCUT2D eigenvalue weighted by Gasteiger charge is 2.15. The Hall–Kier alpha value is -1.48. The van der Waals surface area contributed by atoms with Crippen LogP contribution in [-0.4, -0.2) is 29.6 Å². The second-order valence-electron chi connectivity index (χ2n) is 5.59. The molecule has 2 nitrogen and oxygen atoms in total. The number of carbonyl (C=O) groups is 1. The number of thioether (sulfide) groups is 1. The third-order valence-electron chi connectivity index (χ3n) is 4.04. The molecule has 0 atom stereocenters. The Morgan fingerprint density at radius 3 is 2.43 bits per heavy atom. The number of nitrogens with zero attached hydrogens (tertiary/aromatic N) is 1. The summed E-state index contributed by atoms with van der Waals surface area (Å²) in [5.41, 5.74) is 0. The van der Waals surface area contributed by atoms with Crippen molar-refractivity contribution in [3.8, 4) is 0 Å². The molecule has 2 aromatic carbocycles. The van der Waals surface area contributed by atoms with Crippen molar-refractivity contribution in [2.75, 3.05) is 18.8 Å². The number of amides is 1. The molecule has 0 spiro atoms. The van der Waals surface area contributed by atoms with E-state index in [1.807, 2.05) is 4.90 Å². The fraction of sp³-hybridized carbons (Fsp3) is 0.389. The minimum atomic E-state index is 0.287. The normalized spacial score (nSPS) is 15.9. The van der Waals surface area contributed by atoms with Crippen LogP contribution in [0.5, 0.6) is 0 Å². The second kappa shape index (κ2) is 6.99. The molecule has 21 heavy (non-hydrogen) atoms. The highest BCUT2D eigenvalue weighted by atomic mass is 32.2. The molecule has 0 radical (unpaired) electrons. The summed E-state index contributed by atoms with van der Waals surface area (Å²) >= 11 is 1.65. The monoisotopic (exact) mass is 299 g/mol. The maximum Gasteiger partial charge on any atom is 0.232 e. The van der Waals surface area contributed by atoms with Gasteiger partial charge in [0.2, 0.25) is 5.91 Å². The van der Waals surface area contributed by atoms with Crippen LogP contribution in [0.3, 0.4) is 0 Å². The van der Waals surface area contributed by atoms with Gasteiger partial charge in [0.15, 0.2) is 0 Å². The van der Waals surface area contributed by atoms with Crippen LogP contribution in [0.2, 0.25) is 0 Å². The highest BCUT2D eigenvalue weighted by molar-refractivity contribution is 8.00. The van der Waals surface area contributed by atoms with E-state index >= 15 is 0 Å². The van der Waals surface area contributed by atoms with Gasteiger partial charge in [0.05, 0.1) is 5.75 Å². The average molecular weight is 299 g/mol. The van der Waals surface area contributed by atoms with Crippen molar-refractivity contribution in [1.29, 1.82) is 0 Å². The minimum Gasteiger partial charge on any atom is -0.342 e. The molecule has 3 rings (SSSR count). The standard InChI is InChI=1S/C18H21NOS/c20-18(19-11-5-1-2-6-12-19)14-21-17-10-9-15-7-3-4-8-16(15)13-17/h3-4,7-10,13H,1-2,5-6,11-12,14H2. The van der Waals surface area contributed by atoms with E-state index < -0.39 is 0 Å². The van der Waals surface area contributed by atoms with Gasteiger partial charge in [-0.3, -0.25) is 4.79 Å². The van der Waals surface area contributed by atoms with E-state index in [1.54, 1.807) is 11.8 Å². The Bertz CT molecular complexity index is 617. The highest BCUT2D eigenvalue weighted by Crippen LogP contribution is 2.24. The van der Waals surface area contributed by atoms with E-state index in [1.165, 1.54) is 28.5 Å². The van der Waals surface area contributed by atoms with Crippen LogP contribution in [0.4, 0.5) is 0 Å². The van der Waals surface area contributed by atoms with Crippen LogP contribution >= 0.6 is 11.8 Å². The largest absolute Gasteiger partial charge is 0.342 e. The lowest BCUT2D eigenvalue weighted by Gasteiger charge is -2.20. The molecular weight excluding hydrogens is 278 g/mol. The maximum absolute atomic E-state index is 12.3. The van der Waals surface area contributed by atoms with E-state index in [4.69, 9.17) is 0 Å². The Morgan fingerprint density at radius 2 is 1.67 bits per heavy atom. The molecule has 1 amide bonds. The summed E-state index contributed by atoms with van der Waals surface area (Å²) in [6, 6.07) is 14.8. The summed E-state index contributed by atoms with van der Waals surface area (Å²) in [5, 5.41) is 2.49. The molecule has 1 saturated heterocycles. The summed E-state index contributed by atoms with van der Waals surface area (Å²) in [5.74, 6) is 0.841. The number of carbonyl (C=O) groups excluding carboxylic acids is 1. The van der Waals surface area contributed by atoms with E-state index in [9.17, 15) is 4.79 Å². The Morgan fingerprint density at radius 1 is 0.952 bits per heavy atom. The Balaban J connectivity index is 1.61. The van der Waals surface area contributed by atoms with Crippen molar-refractivity contribution < 1.29 is 4.79 Å². The first kappa shape index (κ1) is 14.5. The van der Waals surface area contributed by atoms with Crippen LogP contribution < -0.4 is 0 Å². The number of hydrogen-bond acceptors (Lipinski definition) is 2. The lowest BCUT2D eigenvalue weighted by molar-refractivity contribution is -0.128. The van der Waals surface area contributed by atoms with Gasteiger partial charge in [0.1, 0.15) is 0 Å². The smallest absolute Gasteiger partial charge is 0.232 e. The van der Waals surface area contributed by atoms with Crippen LogP contribution in [0, 0.1) is 0 Å². The predicted octanol–water partition coefficient (Wildman–Crippen LogP) is 4.33. The first-order valence-electron chi connectivity index (χ1n) is 7.72. The van der Waals surface area contributed by atoms with Crippen molar-refractivity contribution >= 4 is 28.4 Å². The second-order valence-corrected chi connectivity index (χ2v) is 6.64. The molecule has 1 heterocycles. The fourth-order valence-electron chi connectivity index (χ4n) is 2.81. The fourth-order valence-corrected chi connectivity index (χ4v) is 3.66. The van der Waals surface area contributed by atoms with Crippen molar-refractivity contribution in [3.05, 3.63) is 42.5 Å². The maximum atomic E-state index is 12.3. The number of rotatable bonds is 3. The molecule has 2 aromatic rings. The van der Waals surface area contributed by atoms with Crippen molar-refractivity contribution in [2.24, 2.45) is 0 Å². The van der Waals surface area contributed by atoms with E-state index in [-0.39, 0.29) is 5.91 Å². The van der Waals surface area contributed by atoms with Gasteiger partial charge >= 0.3 is 0 Å². The molecule has 0 N–H and O–H groups in total. The SMILES string of the molecule is O=C(CSc1ccc2ccccc2c1)N1CCCCCC1. The zero-order valence-corrected chi connectivity index (χ0v) is 13.1. The van der Waals surface area contributed by atoms with Gasteiger partial charge in [-0.1, -0.05) is 43.2 Å². The summed E-state index contributed by atoms with van der Waals surface area (Å²) < 4.78 is 0. The molecule has 0 unspecified atom stereocenters. The van der Waals surface area contributed by atoms with E-state index in [0.29, 0.717) is 5.75 Å². The lowest BCUT2D eigenvalue weighted by Crippen LogP contribution is -2.33. The zero-order valence-electron chi connectivity index (χ0n) is 12.3. The van der Waals surface area contributed by atoms with Gasteiger partial charge in [0, 0.05) is 18.0 Å². The van der Waals surface area contributed by atoms with Gasteiger partial charge in [-0.15, -0.1) is 11.8 Å². The Kier molecular flexibility index (Phi) is 4.81. The Labute approximate surface area is 130 Å². The number of fused-ring (bicyclic) bond motifs is 1. The van der Waals surface area contributed by atoms with Gasteiger partial charge in [-0.2, -0.15) is 0 Å². The van der Waals surface area contributed by atoms with Crippen molar-refractivity contribution in [2.45, 2.75) is 30.6 Å². The van der Waals surface area contributed by atoms with Gasteiger partial charge in [-0.25, -0.2) is 0 Å². The molecular formula is C18H21NOS. The van der Waals surface area contributed by atoms with E-state index in [0.717, 1.165) is 25.9 Å². The number of hydrogen-bond donors (Lipinski definition) is 0. The first-order valence-corrected chi connectivity index (χ1v) is 8.71.